The van der Waals surface area contributed by atoms with Crippen LogP contribution < -0.4 is 0 Å². The van der Waals surface area contributed by atoms with Gasteiger partial charge in [-0.3, -0.25) is 4.98 Å². The van der Waals surface area contributed by atoms with Crippen LogP contribution in [0.2, 0.25) is 0 Å². The number of rotatable bonds is 11. The summed E-state index contributed by atoms with van der Waals surface area (Å²) in [6.45, 7) is 8.36. The minimum atomic E-state index is -3.86. The molecule has 31 heavy (non-hydrogen) atoms. The number of hydrogen-bond donors (Lipinski definition) is 1. The van der Waals surface area contributed by atoms with Gasteiger partial charge in [-0.1, -0.05) is 55.2 Å². The Bertz CT molecular complexity index is 1020. The van der Waals surface area contributed by atoms with Crippen LogP contribution in [0.5, 0.6) is 5.75 Å². The quantitative estimate of drug-likeness (QED) is 0.315. The van der Waals surface area contributed by atoms with E-state index in [2.05, 4.69) is 44.8 Å². The molecule has 1 aromatic heterocycles. The van der Waals surface area contributed by atoms with Gasteiger partial charge in [0.05, 0.1) is 4.90 Å². The number of aromatic nitrogens is 1. The van der Waals surface area contributed by atoms with Crippen LogP contribution in [0.3, 0.4) is 0 Å². The lowest BCUT2D eigenvalue weighted by molar-refractivity contribution is 0.450. The highest BCUT2D eigenvalue weighted by molar-refractivity contribution is 7.91. The zero-order valence-electron chi connectivity index (χ0n) is 19.2. The molecule has 0 atom stereocenters. The Morgan fingerprint density at radius 3 is 2.45 bits per heavy atom. The third-order valence-electron chi connectivity index (χ3n) is 5.32. The van der Waals surface area contributed by atoms with Gasteiger partial charge in [-0.15, -0.1) is 0 Å². The molecular weight excluding hydrogens is 406 g/mol. The van der Waals surface area contributed by atoms with Gasteiger partial charge in [-0.25, -0.2) is 8.42 Å². The molecule has 2 aromatic rings. The van der Waals surface area contributed by atoms with Crippen molar-refractivity contribution in [2.45, 2.75) is 82.4 Å². The van der Waals surface area contributed by atoms with Crippen LogP contribution in [0, 0.1) is 0 Å². The van der Waals surface area contributed by atoms with Crippen molar-refractivity contribution < 1.29 is 13.5 Å². The second-order valence-corrected chi connectivity index (χ2v) is 10.2. The maximum atomic E-state index is 13.4. The molecule has 0 saturated carbocycles. The first-order valence-corrected chi connectivity index (χ1v) is 12.5. The highest BCUT2D eigenvalue weighted by Gasteiger charge is 2.26. The Labute approximate surface area is 187 Å². The summed E-state index contributed by atoms with van der Waals surface area (Å²) < 4.78 is 26.8. The smallest absolute Gasteiger partial charge is 0.212 e. The van der Waals surface area contributed by atoms with Gasteiger partial charge < -0.3 is 5.11 Å². The van der Waals surface area contributed by atoms with Crippen molar-refractivity contribution in [3.8, 4) is 5.75 Å². The van der Waals surface area contributed by atoms with Gasteiger partial charge in [0.1, 0.15) is 10.6 Å². The number of allylic oxidation sites excluding steroid dienone is 4. The van der Waals surface area contributed by atoms with Gasteiger partial charge in [0.2, 0.25) is 9.84 Å². The summed E-state index contributed by atoms with van der Waals surface area (Å²) in [7, 11) is -3.86. The van der Waals surface area contributed by atoms with Crippen LogP contribution in [0.1, 0.15) is 70.9 Å². The number of phenols is 1. The fourth-order valence-electron chi connectivity index (χ4n) is 3.48. The minimum Gasteiger partial charge on any atom is -0.506 e. The van der Waals surface area contributed by atoms with E-state index in [1.54, 1.807) is 12.3 Å². The number of aromatic hydroxyl groups is 1. The lowest BCUT2D eigenvalue weighted by Gasteiger charge is -2.15. The predicted octanol–water partition coefficient (Wildman–Crippen LogP) is 6.59. The molecule has 1 N–H and O–H groups in total. The zero-order valence-corrected chi connectivity index (χ0v) is 20.0. The number of benzene rings is 1. The van der Waals surface area contributed by atoms with Crippen LogP contribution >= 0.6 is 0 Å². The molecule has 1 aromatic carbocycles. The number of sulfone groups is 1. The largest absolute Gasteiger partial charge is 0.506 e. The summed E-state index contributed by atoms with van der Waals surface area (Å²) in [5.41, 5.74) is 3.82. The molecule has 2 rings (SSSR count). The van der Waals surface area contributed by atoms with Gasteiger partial charge in [0.25, 0.3) is 0 Å². The number of aryl methyl sites for hydroxylation is 1. The Morgan fingerprint density at radius 1 is 1.06 bits per heavy atom. The normalized spacial score (nSPS) is 12.1. The van der Waals surface area contributed by atoms with Crippen molar-refractivity contribution in [3.05, 3.63) is 71.1 Å². The van der Waals surface area contributed by atoms with E-state index >= 15 is 0 Å². The second-order valence-electron chi connectivity index (χ2n) is 8.29. The summed E-state index contributed by atoms with van der Waals surface area (Å²) in [6, 6.07) is 6.85. The highest BCUT2D eigenvalue weighted by Crippen LogP contribution is 2.36. The van der Waals surface area contributed by atoms with Crippen LogP contribution in [-0.2, 0) is 22.7 Å². The Kier molecular flexibility index (Phi) is 9.50. The molecule has 0 aliphatic heterocycles. The SMILES string of the molecule is CCCCCc1ccc(C/C=C(\C)CCC=C(C)C)c(O)c1S(=O)(=O)c1cccnc1. The molecule has 0 bridgehead atoms. The molecule has 0 fully saturated rings. The van der Waals surface area contributed by atoms with E-state index in [4.69, 9.17) is 0 Å². The van der Waals surface area contributed by atoms with E-state index in [0.717, 1.165) is 32.1 Å². The van der Waals surface area contributed by atoms with Gasteiger partial charge in [-0.2, -0.15) is 0 Å². The van der Waals surface area contributed by atoms with Crippen LogP contribution in [0.25, 0.3) is 0 Å². The first kappa shape index (κ1) is 24.9. The van der Waals surface area contributed by atoms with E-state index in [-0.39, 0.29) is 15.5 Å². The summed E-state index contributed by atoms with van der Waals surface area (Å²) in [5.74, 6) is -0.133. The van der Waals surface area contributed by atoms with E-state index in [1.165, 1.54) is 23.4 Å². The first-order valence-electron chi connectivity index (χ1n) is 11.0. The third kappa shape index (κ3) is 7.06. The Balaban J connectivity index is 2.40. The number of phenolic OH excluding ortho intramolecular Hbond substituents is 1. The van der Waals surface area contributed by atoms with Crippen molar-refractivity contribution in [1.29, 1.82) is 0 Å². The Hall–Kier alpha value is -2.40. The first-order chi connectivity index (χ1) is 14.8. The van der Waals surface area contributed by atoms with E-state index < -0.39 is 9.84 Å². The van der Waals surface area contributed by atoms with Crippen molar-refractivity contribution in [2.24, 2.45) is 0 Å². The van der Waals surface area contributed by atoms with Gasteiger partial charge in [0, 0.05) is 12.4 Å². The standard InChI is InChI=1S/C26H35NO3S/c1-5-6-7-12-23-17-16-22(15-14-21(4)11-8-10-20(2)3)25(28)26(23)31(29,30)24-13-9-18-27-19-24/h9-10,13-14,16-19,28H,5-8,11-12,15H2,1-4H3/b21-14+. The van der Waals surface area contributed by atoms with Gasteiger partial charge >= 0.3 is 0 Å². The maximum absolute atomic E-state index is 13.4. The summed E-state index contributed by atoms with van der Waals surface area (Å²) in [6.07, 6.45) is 13.2. The van der Waals surface area contributed by atoms with Crippen molar-refractivity contribution >= 4 is 9.84 Å². The topological polar surface area (TPSA) is 67.3 Å². The Morgan fingerprint density at radius 2 is 1.81 bits per heavy atom. The molecule has 1 heterocycles. The van der Waals surface area contributed by atoms with Crippen LogP contribution in [-0.4, -0.2) is 18.5 Å². The van der Waals surface area contributed by atoms with Crippen LogP contribution in [0.4, 0.5) is 0 Å². The van der Waals surface area contributed by atoms with Crippen molar-refractivity contribution in [3.63, 3.8) is 0 Å². The maximum Gasteiger partial charge on any atom is 0.212 e. The third-order valence-corrected chi connectivity index (χ3v) is 7.18. The van der Waals surface area contributed by atoms with E-state index in [1.807, 2.05) is 12.1 Å². The molecule has 0 radical (unpaired) electrons. The molecule has 0 aliphatic carbocycles. The molecule has 5 heteroatoms. The number of nitrogens with zero attached hydrogens (tertiary/aromatic N) is 1. The van der Waals surface area contributed by atoms with Gasteiger partial charge in [-0.05, 0) is 76.1 Å². The number of hydrogen-bond acceptors (Lipinski definition) is 4. The summed E-state index contributed by atoms with van der Waals surface area (Å²) >= 11 is 0. The molecule has 0 spiro atoms. The monoisotopic (exact) mass is 441 g/mol. The summed E-state index contributed by atoms with van der Waals surface area (Å²) in [5, 5.41) is 11.0. The highest BCUT2D eigenvalue weighted by atomic mass is 32.2. The average molecular weight is 442 g/mol. The lowest BCUT2D eigenvalue weighted by Crippen LogP contribution is -2.08. The lowest BCUT2D eigenvalue weighted by atomic mass is 10.0. The average Bonchev–Trinajstić information content (AvgIpc) is 2.73. The fraction of sp³-hybridized carbons (Fsp3) is 0.423. The van der Waals surface area contributed by atoms with Crippen LogP contribution in [0.15, 0.2) is 69.7 Å². The number of pyridine rings is 1. The molecule has 0 amide bonds. The summed E-state index contributed by atoms with van der Waals surface area (Å²) in [4.78, 5) is 4.10. The molecule has 4 nitrogen and oxygen atoms in total. The number of unbranched alkanes of at least 4 members (excludes halogenated alkanes) is 2. The van der Waals surface area contributed by atoms with Gasteiger partial charge in [0.15, 0.2) is 0 Å². The molecule has 0 unspecified atom stereocenters. The van der Waals surface area contributed by atoms with E-state index in [0.29, 0.717) is 24.0 Å². The molecule has 0 aliphatic rings. The van der Waals surface area contributed by atoms with E-state index in [9.17, 15) is 13.5 Å². The molecule has 0 saturated heterocycles. The molecule has 168 valence electrons. The van der Waals surface area contributed by atoms with Crippen molar-refractivity contribution in [1.82, 2.24) is 4.98 Å². The predicted molar refractivity (Wildman–Crippen MR) is 127 cm³/mol. The minimum absolute atomic E-state index is 0.0321. The fourth-order valence-corrected chi connectivity index (χ4v) is 5.07. The second kappa shape index (κ2) is 11.8. The van der Waals surface area contributed by atoms with Crippen molar-refractivity contribution in [2.75, 3.05) is 0 Å². The molecular formula is C26H35NO3S. The zero-order chi connectivity index (χ0) is 22.9.